The maximum Gasteiger partial charge on any atom is 0.315 e. The third-order valence-electron chi connectivity index (χ3n) is 4.88. The maximum absolute atomic E-state index is 12.2. The lowest BCUT2D eigenvalue weighted by molar-refractivity contribution is 0.233. The molecule has 2 N–H and O–H groups in total. The lowest BCUT2D eigenvalue weighted by Crippen LogP contribution is -2.42. The molecule has 0 aromatic heterocycles. The van der Waals surface area contributed by atoms with Gasteiger partial charge in [-0.2, -0.15) is 0 Å². The summed E-state index contributed by atoms with van der Waals surface area (Å²) >= 11 is 0. The Morgan fingerprint density at radius 3 is 2.50 bits per heavy atom. The molecule has 2 amide bonds. The zero-order valence-electron chi connectivity index (χ0n) is 15.3. The number of rotatable bonds is 6. The molecule has 4 heteroatoms. The van der Waals surface area contributed by atoms with Crippen LogP contribution in [0.1, 0.15) is 63.0 Å². The smallest absolute Gasteiger partial charge is 0.315 e. The molecule has 0 heterocycles. The van der Waals surface area contributed by atoms with Crippen LogP contribution in [0.3, 0.4) is 0 Å². The molecule has 0 unspecified atom stereocenters. The molecule has 134 valence electrons. The summed E-state index contributed by atoms with van der Waals surface area (Å²) in [6.45, 7) is 4.72. The van der Waals surface area contributed by atoms with Gasteiger partial charge in [-0.1, -0.05) is 63.3 Å². The van der Waals surface area contributed by atoms with Gasteiger partial charge in [0.15, 0.2) is 0 Å². The Balaban J connectivity index is 1.77. The van der Waals surface area contributed by atoms with Crippen molar-refractivity contribution in [3.05, 3.63) is 35.4 Å². The number of nitrogens with zero attached hydrogens (tertiary/aromatic N) is 1. The predicted octanol–water partition coefficient (Wildman–Crippen LogP) is 4.05. The van der Waals surface area contributed by atoms with Crippen LogP contribution in [-0.4, -0.2) is 30.6 Å². The Labute approximate surface area is 147 Å². The van der Waals surface area contributed by atoms with E-state index >= 15 is 0 Å². The second-order valence-electron chi connectivity index (χ2n) is 7.02. The molecule has 0 atom stereocenters. The molecule has 0 spiro atoms. The van der Waals surface area contributed by atoms with Crippen LogP contribution in [0.4, 0.5) is 4.79 Å². The minimum Gasteiger partial charge on any atom is -0.335 e. The molecule has 24 heavy (non-hydrogen) atoms. The van der Waals surface area contributed by atoms with Gasteiger partial charge >= 0.3 is 6.03 Å². The molecule has 4 nitrogen and oxygen atoms in total. The van der Waals surface area contributed by atoms with Gasteiger partial charge in [-0.15, -0.1) is 0 Å². The van der Waals surface area contributed by atoms with E-state index in [4.69, 9.17) is 0 Å². The summed E-state index contributed by atoms with van der Waals surface area (Å²) in [4.78, 5) is 14.4. The predicted molar refractivity (Wildman–Crippen MR) is 99.9 cm³/mol. The Morgan fingerprint density at radius 1 is 1.12 bits per heavy atom. The zero-order valence-corrected chi connectivity index (χ0v) is 15.3. The first-order valence-electron chi connectivity index (χ1n) is 9.48. The molecule has 0 saturated heterocycles. The summed E-state index contributed by atoms with van der Waals surface area (Å²) in [5.74, 6) is 0. The molecule has 1 aliphatic carbocycles. The first-order chi connectivity index (χ1) is 11.7. The first-order valence-corrected chi connectivity index (χ1v) is 9.48. The first kappa shape index (κ1) is 18.8. The molecular weight excluding hydrogens is 298 g/mol. The highest BCUT2D eigenvalue weighted by molar-refractivity contribution is 5.74. The average molecular weight is 332 g/mol. The summed E-state index contributed by atoms with van der Waals surface area (Å²) in [5, 5.41) is 6.17. The maximum atomic E-state index is 12.2. The van der Waals surface area contributed by atoms with E-state index in [9.17, 15) is 4.79 Å². The summed E-state index contributed by atoms with van der Waals surface area (Å²) < 4.78 is 0. The van der Waals surface area contributed by atoms with E-state index in [1.54, 1.807) is 0 Å². The normalized spacial score (nSPS) is 16.5. The van der Waals surface area contributed by atoms with Crippen molar-refractivity contribution in [3.63, 3.8) is 0 Å². The zero-order chi connectivity index (χ0) is 17.2. The van der Waals surface area contributed by atoms with Gasteiger partial charge in [0.2, 0.25) is 0 Å². The average Bonchev–Trinajstić information content (AvgIpc) is 2.55. The van der Waals surface area contributed by atoms with Crippen molar-refractivity contribution in [2.45, 2.75) is 71.0 Å². The van der Waals surface area contributed by atoms with Crippen LogP contribution >= 0.6 is 0 Å². The monoisotopic (exact) mass is 331 g/mol. The topological polar surface area (TPSA) is 44.4 Å². The Kier molecular flexibility index (Phi) is 8.10. The number of urea groups is 1. The van der Waals surface area contributed by atoms with Crippen molar-refractivity contribution in [1.82, 2.24) is 15.5 Å². The second kappa shape index (κ2) is 10.3. The van der Waals surface area contributed by atoms with Crippen molar-refractivity contribution < 1.29 is 4.79 Å². The standard InChI is InChI=1S/C20H33N3O/c1-3-23(2)16-18-11-9-10-17(14-18)15-21-20(24)22-19-12-7-5-4-6-8-13-19/h9-11,14,19H,3-8,12-13,15-16H2,1-2H3,(H2,21,22,24). The van der Waals surface area contributed by atoms with E-state index in [0.717, 1.165) is 31.5 Å². The van der Waals surface area contributed by atoms with E-state index in [-0.39, 0.29) is 6.03 Å². The molecular formula is C20H33N3O. The van der Waals surface area contributed by atoms with Crippen LogP contribution in [0.2, 0.25) is 0 Å². The van der Waals surface area contributed by atoms with E-state index in [2.05, 4.69) is 53.8 Å². The number of benzene rings is 1. The van der Waals surface area contributed by atoms with Gasteiger partial charge in [0.1, 0.15) is 0 Å². The van der Waals surface area contributed by atoms with Crippen molar-refractivity contribution in [3.8, 4) is 0 Å². The minimum absolute atomic E-state index is 0.0309. The highest BCUT2D eigenvalue weighted by Gasteiger charge is 2.13. The van der Waals surface area contributed by atoms with Crippen LogP contribution in [0.5, 0.6) is 0 Å². The molecule has 1 aliphatic rings. The van der Waals surface area contributed by atoms with Gasteiger partial charge in [-0.05, 0) is 37.6 Å². The number of nitrogens with one attached hydrogen (secondary N) is 2. The SMILES string of the molecule is CCN(C)Cc1cccc(CNC(=O)NC2CCCCCCC2)c1. The van der Waals surface area contributed by atoms with E-state index < -0.39 is 0 Å². The highest BCUT2D eigenvalue weighted by atomic mass is 16.2. The number of hydrogen-bond acceptors (Lipinski definition) is 2. The number of carbonyl (C=O) groups is 1. The summed E-state index contributed by atoms with van der Waals surface area (Å²) in [6.07, 6.45) is 8.66. The van der Waals surface area contributed by atoms with Crippen LogP contribution < -0.4 is 10.6 Å². The fourth-order valence-corrected chi connectivity index (χ4v) is 3.28. The molecule has 1 aromatic rings. The number of amides is 2. The summed E-state index contributed by atoms with van der Waals surface area (Å²) in [5.41, 5.74) is 2.45. The molecule has 0 bridgehead atoms. The fraction of sp³-hybridized carbons (Fsp3) is 0.650. The summed E-state index contributed by atoms with van der Waals surface area (Å²) in [7, 11) is 2.12. The molecule has 1 saturated carbocycles. The van der Waals surface area contributed by atoms with Gasteiger partial charge in [-0.3, -0.25) is 0 Å². The van der Waals surface area contributed by atoms with Crippen LogP contribution in [0.25, 0.3) is 0 Å². The number of hydrogen-bond donors (Lipinski definition) is 2. The Bertz CT molecular complexity index is 495. The van der Waals surface area contributed by atoms with Gasteiger partial charge in [0.05, 0.1) is 0 Å². The van der Waals surface area contributed by atoms with E-state index in [1.165, 1.54) is 37.7 Å². The van der Waals surface area contributed by atoms with Crippen LogP contribution in [0.15, 0.2) is 24.3 Å². The van der Waals surface area contributed by atoms with Crippen molar-refractivity contribution >= 4 is 6.03 Å². The lowest BCUT2D eigenvalue weighted by Gasteiger charge is -2.21. The van der Waals surface area contributed by atoms with Gasteiger partial charge in [0, 0.05) is 19.1 Å². The fourth-order valence-electron chi connectivity index (χ4n) is 3.28. The van der Waals surface area contributed by atoms with Gasteiger partial charge < -0.3 is 15.5 Å². The highest BCUT2D eigenvalue weighted by Crippen LogP contribution is 2.17. The number of carbonyl (C=O) groups excluding carboxylic acids is 1. The van der Waals surface area contributed by atoms with E-state index in [1.807, 2.05) is 0 Å². The molecule has 0 aliphatic heterocycles. The largest absolute Gasteiger partial charge is 0.335 e. The summed E-state index contributed by atoms with van der Waals surface area (Å²) in [6, 6.07) is 8.78. The van der Waals surface area contributed by atoms with Crippen molar-refractivity contribution in [1.29, 1.82) is 0 Å². The van der Waals surface area contributed by atoms with Gasteiger partial charge in [0.25, 0.3) is 0 Å². The third-order valence-corrected chi connectivity index (χ3v) is 4.88. The molecule has 1 aromatic carbocycles. The van der Waals surface area contributed by atoms with Crippen molar-refractivity contribution in [2.75, 3.05) is 13.6 Å². The van der Waals surface area contributed by atoms with Gasteiger partial charge in [-0.25, -0.2) is 4.79 Å². The quantitative estimate of drug-likeness (QED) is 0.826. The third kappa shape index (κ3) is 6.91. The Hall–Kier alpha value is -1.55. The molecule has 0 radical (unpaired) electrons. The lowest BCUT2D eigenvalue weighted by atomic mass is 9.97. The van der Waals surface area contributed by atoms with Crippen LogP contribution in [0, 0.1) is 0 Å². The minimum atomic E-state index is -0.0309. The van der Waals surface area contributed by atoms with E-state index in [0.29, 0.717) is 12.6 Å². The Morgan fingerprint density at radius 2 is 1.79 bits per heavy atom. The second-order valence-corrected chi connectivity index (χ2v) is 7.02. The van der Waals surface area contributed by atoms with Crippen LogP contribution in [-0.2, 0) is 13.1 Å². The molecule has 1 fully saturated rings. The molecule has 2 rings (SSSR count). The van der Waals surface area contributed by atoms with Crippen molar-refractivity contribution in [2.24, 2.45) is 0 Å².